The van der Waals surface area contributed by atoms with Gasteiger partial charge < -0.3 is 19.4 Å². The van der Waals surface area contributed by atoms with Crippen molar-refractivity contribution < 1.29 is 24.2 Å². The van der Waals surface area contributed by atoms with E-state index in [9.17, 15) is 9.59 Å². The lowest BCUT2D eigenvalue weighted by Gasteiger charge is -2.04. The van der Waals surface area contributed by atoms with Crippen molar-refractivity contribution in [3.63, 3.8) is 0 Å². The third-order valence-electron chi connectivity index (χ3n) is 2.13. The third-order valence-corrected chi connectivity index (χ3v) is 2.13. The Morgan fingerprint density at radius 2 is 2.07 bits per heavy atom. The minimum absolute atomic E-state index is 0.0538. The van der Waals surface area contributed by atoms with Crippen LogP contribution in [0.25, 0.3) is 0 Å². The average Bonchev–Trinajstić information content (AvgIpc) is 2.63. The Balaban J connectivity index is 2.51. The predicted octanol–water partition coefficient (Wildman–Crippen LogP) is 0.855. The summed E-state index contributed by atoms with van der Waals surface area (Å²) in [5.41, 5.74) is 0.508. The fourth-order valence-corrected chi connectivity index (χ4v) is 1.44. The van der Waals surface area contributed by atoms with Crippen molar-refractivity contribution in [2.45, 2.75) is 6.42 Å². The Morgan fingerprint density at radius 3 is 2.67 bits per heavy atom. The standard InChI is InChI=1S/C10H8O5/c11-2-1-6-3-8-9(15-5-14-8)4-7(6)10(12)13/h2-4H,1,5H2,(H,12,13). The number of aldehydes is 1. The minimum Gasteiger partial charge on any atom is -0.478 e. The molecular weight excluding hydrogens is 200 g/mol. The van der Waals surface area contributed by atoms with Crippen LogP contribution in [0.2, 0.25) is 0 Å². The van der Waals surface area contributed by atoms with E-state index in [0.717, 1.165) is 0 Å². The van der Waals surface area contributed by atoms with Gasteiger partial charge in [0.05, 0.1) is 5.56 Å². The number of ether oxygens (including phenoxy) is 2. The maximum absolute atomic E-state index is 10.9. The summed E-state index contributed by atoms with van der Waals surface area (Å²) in [5, 5.41) is 8.91. The number of carboxylic acids is 1. The van der Waals surface area contributed by atoms with Gasteiger partial charge in [0, 0.05) is 6.42 Å². The minimum atomic E-state index is -1.08. The Bertz CT molecular complexity index is 424. The fourth-order valence-electron chi connectivity index (χ4n) is 1.44. The zero-order chi connectivity index (χ0) is 10.8. The Morgan fingerprint density at radius 1 is 1.40 bits per heavy atom. The molecule has 1 aromatic carbocycles. The van der Waals surface area contributed by atoms with Gasteiger partial charge in [-0.2, -0.15) is 0 Å². The lowest BCUT2D eigenvalue weighted by Crippen LogP contribution is -2.03. The molecule has 1 heterocycles. The molecule has 0 unspecified atom stereocenters. The van der Waals surface area contributed by atoms with E-state index in [1.807, 2.05) is 0 Å². The summed E-state index contributed by atoms with van der Waals surface area (Å²) >= 11 is 0. The third kappa shape index (κ3) is 1.63. The molecule has 0 aromatic heterocycles. The highest BCUT2D eigenvalue weighted by molar-refractivity contribution is 5.91. The molecule has 0 amide bonds. The smallest absolute Gasteiger partial charge is 0.336 e. The first kappa shape index (κ1) is 9.51. The summed E-state index contributed by atoms with van der Waals surface area (Å²) in [7, 11) is 0. The number of benzene rings is 1. The van der Waals surface area contributed by atoms with E-state index < -0.39 is 5.97 Å². The van der Waals surface area contributed by atoms with Gasteiger partial charge in [-0.3, -0.25) is 0 Å². The normalized spacial score (nSPS) is 12.5. The van der Waals surface area contributed by atoms with E-state index in [0.29, 0.717) is 23.3 Å². The molecule has 1 aliphatic heterocycles. The van der Waals surface area contributed by atoms with Crippen molar-refractivity contribution in [3.8, 4) is 11.5 Å². The van der Waals surface area contributed by atoms with Gasteiger partial charge in [-0.05, 0) is 17.7 Å². The summed E-state index contributed by atoms with van der Waals surface area (Å²) in [4.78, 5) is 21.3. The van der Waals surface area contributed by atoms with Gasteiger partial charge in [-0.15, -0.1) is 0 Å². The van der Waals surface area contributed by atoms with E-state index in [4.69, 9.17) is 14.6 Å². The van der Waals surface area contributed by atoms with Crippen LogP contribution in [-0.2, 0) is 11.2 Å². The van der Waals surface area contributed by atoms with Crippen molar-refractivity contribution in [1.29, 1.82) is 0 Å². The van der Waals surface area contributed by atoms with Gasteiger partial charge in [0.1, 0.15) is 6.29 Å². The average molecular weight is 208 g/mol. The molecule has 5 heteroatoms. The number of hydrogen-bond acceptors (Lipinski definition) is 4. The van der Waals surface area contributed by atoms with Crippen molar-refractivity contribution in [2.75, 3.05) is 6.79 Å². The molecular formula is C10H8O5. The molecule has 0 saturated carbocycles. The van der Waals surface area contributed by atoms with E-state index in [2.05, 4.69) is 0 Å². The van der Waals surface area contributed by atoms with Crippen LogP contribution in [0.5, 0.6) is 11.5 Å². The first-order valence-corrected chi connectivity index (χ1v) is 4.32. The number of fused-ring (bicyclic) bond motifs is 1. The van der Waals surface area contributed by atoms with E-state index in [1.165, 1.54) is 12.1 Å². The molecule has 15 heavy (non-hydrogen) atoms. The highest BCUT2D eigenvalue weighted by Crippen LogP contribution is 2.34. The summed E-state index contributed by atoms with van der Waals surface area (Å²) in [6, 6.07) is 2.91. The molecule has 1 aliphatic rings. The number of carbonyl (C=O) groups excluding carboxylic acids is 1. The topological polar surface area (TPSA) is 72.8 Å². The second-order valence-corrected chi connectivity index (χ2v) is 3.04. The van der Waals surface area contributed by atoms with Gasteiger partial charge in [0.25, 0.3) is 0 Å². The molecule has 2 rings (SSSR count). The van der Waals surface area contributed by atoms with Crippen molar-refractivity contribution in [1.82, 2.24) is 0 Å². The highest BCUT2D eigenvalue weighted by atomic mass is 16.7. The number of carbonyl (C=O) groups is 2. The maximum atomic E-state index is 10.9. The quantitative estimate of drug-likeness (QED) is 0.745. The molecule has 5 nitrogen and oxygen atoms in total. The predicted molar refractivity (Wildman–Crippen MR) is 49.3 cm³/mol. The molecule has 0 spiro atoms. The Labute approximate surface area is 85.2 Å². The molecule has 1 aromatic rings. The largest absolute Gasteiger partial charge is 0.478 e. The van der Waals surface area contributed by atoms with Crippen LogP contribution in [0.15, 0.2) is 12.1 Å². The lowest BCUT2D eigenvalue weighted by atomic mass is 10.0. The monoisotopic (exact) mass is 208 g/mol. The molecule has 1 N–H and O–H groups in total. The van der Waals surface area contributed by atoms with Crippen molar-refractivity contribution in [3.05, 3.63) is 23.3 Å². The van der Waals surface area contributed by atoms with Crippen LogP contribution < -0.4 is 9.47 Å². The van der Waals surface area contributed by atoms with Gasteiger partial charge in [-0.25, -0.2) is 4.79 Å². The van der Waals surface area contributed by atoms with Crippen LogP contribution in [0.3, 0.4) is 0 Å². The lowest BCUT2D eigenvalue weighted by molar-refractivity contribution is -0.107. The molecule has 0 saturated heterocycles. The number of hydrogen-bond donors (Lipinski definition) is 1. The zero-order valence-corrected chi connectivity index (χ0v) is 7.73. The van der Waals surface area contributed by atoms with Crippen molar-refractivity contribution in [2.24, 2.45) is 0 Å². The van der Waals surface area contributed by atoms with Gasteiger partial charge in [0.2, 0.25) is 6.79 Å². The SMILES string of the molecule is O=CCc1cc2c(cc1C(=O)O)OCO2. The molecule has 78 valence electrons. The van der Waals surface area contributed by atoms with E-state index in [-0.39, 0.29) is 18.8 Å². The van der Waals surface area contributed by atoms with Gasteiger partial charge >= 0.3 is 5.97 Å². The number of carboxylic acid groups (broad SMARTS) is 1. The molecule has 0 bridgehead atoms. The zero-order valence-electron chi connectivity index (χ0n) is 7.73. The molecule has 0 fully saturated rings. The van der Waals surface area contributed by atoms with Crippen LogP contribution in [0, 0.1) is 0 Å². The summed E-state index contributed by atoms with van der Waals surface area (Å²) in [6.07, 6.45) is 0.711. The first-order valence-electron chi connectivity index (χ1n) is 4.32. The second-order valence-electron chi connectivity index (χ2n) is 3.04. The summed E-state index contributed by atoms with van der Waals surface area (Å²) in [6.45, 7) is 0.0823. The second kappa shape index (κ2) is 3.61. The summed E-state index contributed by atoms with van der Waals surface area (Å²) in [5.74, 6) is -0.191. The van der Waals surface area contributed by atoms with E-state index >= 15 is 0 Å². The van der Waals surface area contributed by atoms with Crippen LogP contribution in [-0.4, -0.2) is 24.2 Å². The number of rotatable bonds is 3. The molecule has 0 radical (unpaired) electrons. The first-order chi connectivity index (χ1) is 7.22. The maximum Gasteiger partial charge on any atom is 0.336 e. The van der Waals surface area contributed by atoms with Crippen molar-refractivity contribution >= 4 is 12.3 Å². The molecule has 0 atom stereocenters. The van der Waals surface area contributed by atoms with Crippen LogP contribution in [0.4, 0.5) is 0 Å². The highest BCUT2D eigenvalue weighted by Gasteiger charge is 2.19. The Hall–Kier alpha value is -2.04. The van der Waals surface area contributed by atoms with E-state index in [1.54, 1.807) is 0 Å². The van der Waals surface area contributed by atoms with Gasteiger partial charge in [-0.1, -0.05) is 0 Å². The summed E-state index contributed by atoms with van der Waals surface area (Å²) < 4.78 is 10.1. The molecule has 0 aliphatic carbocycles. The number of aromatic carboxylic acids is 1. The van der Waals surface area contributed by atoms with Crippen LogP contribution in [0.1, 0.15) is 15.9 Å². The fraction of sp³-hybridized carbons (Fsp3) is 0.200. The van der Waals surface area contributed by atoms with Gasteiger partial charge in [0.15, 0.2) is 11.5 Å². The Kier molecular flexibility index (Phi) is 2.29. The van der Waals surface area contributed by atoms with Crippen LogP contribution >= 0.6 is 0 Å².